The Labute approximate surface area is 179 Å². The fourth-order valence-corrected chi connectivity index (χ4v) is 3.41. The highest BCUT2D eigenvalue weighted by Crippen LogP contribution is 2.35. The Morgan fingerprint density at radius 1 is 1.13 bits per heavy atom. The summed E-state index contributed by atoms with van der Waals surface area (Å²) in [5.74, 6) is -2.47. The lowest BCUT2D eigenvalue weighted by atomic mass is 9.84. The summed E-state index contributed by atoms with van der Waals surface area (Å²) in [6.45, 7) is 8.17. The second kappa shape index (κ2) is 9.38. The number of benzene rings is 1. The van der Waals surface area contributed by atoms with Crippen LogP contribution in [0.3, 0.4) is 0 Å². The number of nitrogens with one attached hydrogen (secondary N) is 1. The van der Waals surface area contributed by atoms with Crippen LogP contribution in [0.25, 0.3) is 0 Å². The number of Topliss-reactive ketones (excluding diaryl/α,β-unsaturated/α-hetero) is 1. The van der Waals surface area contributed by atoms with E-state index in [9.17, 15) is 14.4 Å². The Bertz CT molecular complexity index is 889. The Hall–Kier alpha value is -2.74. The van der Waals surface area contributed by atoms with E-state index in [-0.39, 0.29) is 17.7 Å². The predicted octanol–water partition coefficient (Wildman–Crippen LogP) is 4.78. The van der Waals surface area contributed by atoms with Gasteiger partial charge in [-0.1, -0.05) is 29.8 Å². The number of thiophene rings is 1. The number of ether oxygens (including phenoxy) is 2. The van der Waals surface area contributed by atoms with E-state index in [0.29, 0.717) is 0 Å². The zero-order valence-corrected chi connectivity index (χ0v) is 18.5. The Kier molecular flexibility index (Phi) is 7.36. The molecular weight excluding hydrogens is 409 g/mol. The minimum Gasteiger partial charge on any atom is -0.463 e. The molecule has 0 fully saturated rings. The number of alkyl halides is 1. The van der Waals surface area contributed by atoms with E-state index in [1.54, 1.807) is 50.4 Å². The van der Waals surface area contributed by atoms with Crippen LogP contribution in [-0.2, 0) is 14.3 Å². The topological polar surface area (TPSA) is 81.7 Å². The lowest BCUT2D eigenvalue weighted by Gasteiger charge is -2.32. The molecule has 0 bridgehead atoms. The molecule has 2 atom stereocenters. The highest BCUT2D eigenvalue weighted by atomic mass is 32.1. The summed E-state index contributed by atoms with van der Waals surface area (Å²) < 4.78 is 26.6. The molecule has 6 nitrogen and oxygen atoms in total. The molecule has 0 aliphatic rings. The zero-order valence-electron chi connectivity index (χ0n) is 17.7. The number of halogens is 1. The minimum absolute atomic E-state index is 0.0126. The molecule has 30 heavy (non-hydrogen) atoms. The molecule has 0 radical (unpaired) electrons. The molecular formula is C22H26FNO5S. The van der Waals surface area contributed by atoms with Crippen LogP contribution >= 0.6 is 11.3 Å². The van der Waals surface area contributed by atoms with Crippen LogP contribution in [0, 0.1) is 6.92 Å². The number of carbonyl (C=O) groups is 3. The van der Waals surface area contributed by atoms with Gasteiger partial charge in [0.05, 0.1) is 6.61 Å². The van der Waals surface area contributed by atoms with E-state index < -0.39 is 35.2 Å². The van der Waals surface area contributed by atoms with Crippen LogP contribution in [0.1, 0.15) is 55.2 Å². The van der Waals surface area contributed by atoms with E-state index in [1.165, 1.54) is 29.7 Å². The van der Waals surface area contributed by atoms with Gasteiger partial charge in [-0.05, 0) is 51.6 Å². The van der Waals surface area contributed by atoms with Gasteiger partial charge in [-0.2, -0.15) is 11.3 Å². The van der Waals surface area contributed by atoms with Gasteiger partial charge >= 0.3 is 12.1 Å². The number of amides is 1. The zero-order chi connectivity index (χ0) is 22.5. The van der Waals surface area contributed by atoms with E-state index >= 15 is 4.39 Å². The van der Waals surface area contributed by atoms with E-state index in [1.807, 2.05) is 6.92 Å². The smallest absolute Gasteiger partial charge is 0.408 e. The third-order valence-corrected chi connectivity index (χ3v) is 4.84. The van der Waals surface area contributed by atoms with Crippen molar-refractivity contribution in [3.05, 3.63) is 57.8 Å². The molecule has 0 saturated carbocycles. The Morgan fingerprint density at radius 2 is 1.77 bits per heavy atom. The third kappa shape index (κ3) is 5.44. The van der Waals surface area contributed by atoms with Crippen LogP contribution in [0.5, 0.6) is 0 Å². The molecule has 0 unspecified atom stereocenters. The average molecular weight is 436 g/mol. The number of carbonyl (C=O) groups excluding carboxylic acids is 3. The van der Waals surface area contributed by atoms with Gasteiger partial charge in [0.2, 0.25) is 5.78 Å². The maximum absolute atomic E-state index is 16.5. The van der Waals surface area contributed by atoms with Crippen molar-refractivity contribution in [1.29, 1.82) is 0 Å². The van der Waals surface area contributed by atoms with E-state index in [4.69, 9.17) is 9.47 Å². The van der Waals surface area contributed by atoms with Crippen molar-refractivity contribution in [1.82, 2.24) is 5.32 Å². The fraction of sp³-hybridized carbons (Fsp3) is 0.409. The number of aryl methyl sites for hydroxylation is 1. The van der Waals surface area contributed by atoms with Crippen LogP contribution in [0.4, 0.5) is 9.18 Å². The third-order valence-electron chi connectivity index (χ3n) is 4.16. The molecule has 0 saturated heterocycles. The maximum Gasteiger partial charge on any atom is 0.408 e. The van der Waals surface area contributed by atoms with Crippen molar-refractivity contribution >= 4 is 29.2 Å². The van der Waals surface area contributed by atoms with Crippen LogP contribution in [-0.4, -0.2) is 35.7 Å². The first-order valence-corrected chi connectivity index (χ1v) is 10.4. The first-order valence-electron chi connectivity index (χ1n) is 9.48. The van der Waals surface area contributed by atoms with Crippen molar-refractivity contribution in [3.8, 4) is 0 Å². The summed E-state index contributed by atoms with van der Waals surface area (Å²) in [5.41, 5.74) is -2.92. The second-order valence-corrected chi connectivity index (χ2v) is 8.54. The van der Waals surface area contributed by atoms with Gasteiger partial charge < -0.3 is 14.8 Å². The van der Waals surface area contributed by atoms with Gasteiger partial charge in [0.25, 0.3) is 5.67 Å². The summed E-state index contributed by atoms with van der Waals surface area (Å²) in [4.78, 5) is 38.4. The van der Waals surface area contributed by atoms with E-state index in [2.05, 4.69) is 5.32 Å². The van der Waals surface area contributed by atoms with Crippen molar-refractivity contribution < 1.29 is 28.2 Å². The number of ketones is 1. The summed E-state index contributed by atoms with van der Waals surface area (Å²) in [5, 5.41) is 5.42. The van der Waals surface area contributed by atoms with Gasteiger partial charge in [0, 0.05) is 10.9 Å². The maximum atomic E-state index is 16.5. The SMILES string of the molecule is CCOC(=O)[C@](F)(C(=O)c1ccsc1)[C@@H](NC(=O)OC(C)(C)C)c1ccc(C)cc1. The van der Waals surface area contributed by atoms with Gasteiger partial charge in [0.15, 0.2) is 0 Å². The molecule has 0 aliphatic carbocycles. The summed E-state index contributed by atoms with van der Waals surface area (Å²) >= 11 is 1.19. The molecule has 0 spiro atoms. The van der Waals surface area contributed by atoms with Crippen LogP contribution in [0.15, 0.2) is 41.1 Å². The Morgan fingerprint density at radius 3 is 2.27 bits per heavy atom. The first kappa shape index (κ1) is 23.5. The monoisotopic (exact) mass is 435 g/mol. The number of alkyl carbamates (subject to hydrolysis) is 1. The quantitative estimate of drug-likeness (QED) is 0.385. The standard InChI is InChI=1S/C22H26FNO5S/c1-6-28-19(26)22(23,18(25)16-11-12-30-13-16)17(15-9-7-14(2)8-10-15)24-20(27)29-21(3,4)5/h7-13,17H,6H2,1-5H3,(H,24,27)/t17-,22+/m0/s1. The number of hydrogen-bond donors (Lipinski definition) is 1. The summed E-state index contributed by atoms with van der Waals surface area (Å²) in [6.07, 6.45) is -0.961. The molecule has 1 aromatic heterocycles. The largest absolute Gasteiger partial charge is 0.463 e. The highest BCUT2D eigenvalue weighted by Gasteiger charge is 2.56. The summed E-state index contributed by atoms with van der Waals surface area (Å²) in [7, 11) is 0. The lowest BCUT2D eigenvalue weighted by Crippen LogP contribution is -2.55. The van der Waals surface area contributed by atoms with Crippen molar-refractivity contribution in [3.63, 3.8) is 0 Å². The molecule has 1 N–H and O–H groups in total. The number of esters is 1. The fourth-order valence-electron chi connectivity index (χ4n) is 2.78. The molecule has 1 aromatic carbocycles. The predicted molar refractivity (Wildman–Crippen MR) is 112 cm³/mol. The lowest BCUT2D eigenvalue weighted by molar-refractivity contribution is -0.155. The van der Waals surface area contributed by atoms with Crippen LogP contribution in [0.2, 0.25) is 0 Å². The molecule has 162 valence electrons. The summed E-state index contributed by atoms with van der Waals surface area (Å²) in [6, 6.07) is 6.25. The number of hydrogen-bond acceptors (Lipinski definition) is 6. The van der Waals surface area contributed by atoms with Crippen molar-refractivity contribution in [2.24, 2.45) is 0 Å². The minimum atomic E-state index is -3.19. The van der Waals surface area contributed by atoms with Gasteiger partial charge in [-0.25, -0.2) is 14.0 Å². The second-order valence-electron chi connectivity index (χ2n) is 7.76. The highest BCUT2D eigenvalue weighted by molar-refractivity contribution is 7.08. The normalized spacial score (nSPS) is 14.3. The Balaban J connectivity index is 2.58. The van der Waals surface area contributed by atoms with Gasteiger partial charge in [-0.15, -0.1) is 0 Å². The van der Waals surface area contributed by atoms with Gasteiger partial charge in [0.1, 0.15) is 11.6 Å². The van der Waals surface area contributed by atoms with Crippen molar-refractivity contribution in [2.45, 2.75) is 51.9 Å². The van der Waals surface area contributed by atoms with Crippen LogP contribution < -0.4 is 5.32 Å². The van der Waals surface area contributed by atoms with Crippen molar-refractivity contribution in [2.75, 3.05) is 6.61 Å². The molecule has 8 heteroatoms. The molecule has 0 aliphatic heterocycles. The number of rotatable bonds is 7. The first-order chi connectivity index (χ1) is 14.0. The van der Waals surface area contributed by atoms with Gasteiger partial charge in [-0.3, -0.25) is 4.79 Å². The molecule has 2 rings (SSSR count). The molecule has 2 aromatic rings. The molecule has 1 amide bonds. The average Bonchev–Trinajstić information content (AvgIpc) is 3.19. The van der Waals surface area contributed by atoms with E-state index in [0.717, 1.165) is 5.56 Å². The molecule has 1 heterocycles.